The van der Waals surface area contributed by atoms with E-state index in [2.05, 4.69) is 0 Å². The molecule has 31 heavy (non-hydrogen) atoms. The van der Waals surface area contributed by atoms with Gasteiger partial charge in [-0.05, 0) is 54.4 Å². The third kappa shape index (κ3) is 6.07. The molecule has 0 bridgehead atoms. The van der Waals surface area contributed by atoms with Gasteiger partial charge in [0.05, 0.1) is 21.3 Å². The summed E-state index contributed by atoms with van der Waals surface area (Å²) in [5, 5.41) is 5.73. The first-order valence-corrected chi connectivity index (χ1v) is 12.3. The van der Waals surface area contributed by atoms with E-state index in [1.807, 2.05) is 39.0 Å². The van der Waals surface area contributed by atoms with Crippen molar-refractivity contribution in [1.82, 2.24) is 0 Å². The summed E-state index contributed by atoms with van der Waals surface area (Å²) in [7, 11) is -1.64. The van der Waals surface area contributed by atoms with Gasteiger partial charge in [-0.25, -0.2) is 8.60 Å². The molecule has 0 aromatic heterocycles. The number of nitrogens with two attached hydrogens (primary N) is 1. The normalized spacial score (nSPS) is 18.4. The highest BCUT2D eigenvalue weighted by atomic mass is 35.5. The standard InChI is InChI=1S/C24H31ClFNO3S/c1-24(2,3)23(31(27)28)19(15-16-11-13-29-14-12-16)18-9-10-20(25)22(21(18)26)30-17-7-5-4-6-8-17/h4-10,16,19,23H,11-15,27H2,1-3H3/t19-,23?,31?/m1/s1. The SMILES string of the molecule is CC(C)(C)C([C@H](CC1CCOCC1)c1ccc(Cl)c(Oc2ccccc2)c1F)S(N)=O. The summed E-state index contributed by atoms with van der Waals surface area (Å²) in [6.07, 6.45) is 2.47. The van der Waals surface area contributed by atoms with Crippen molar-refractivity contribution in [3.8, 4) is 11.5 Å². The second-order valence-corrected chi connectivity index (χ2v) is 10.8. The summed E-state index contributed by atoms with van der Waals surface area (Å²) >= 11 is 6.31. The summed E-state index contributed by atoms with van der Waals surface area (Å²) in [4.78, 5) is 0. The fraction of sp³-hybridized carbons (Fsp3) is 0.500. The molecule has 1 fully saturated rings. The lowest BCUT2D eigenvalue weighted by Gasteiger charge is -2.38. The Hall–Kier alpha value is -1.47. The molecule has 2 unspecified atom stereocenters. The van der Waals surface area contributed by atoms with Gasteiger partial charge in [-0.2, -0.15) is 0 Å². The molecule has 170 valence electrons. The van der Waals surface area contributed by atoms with Crippen molar-refractivity contribution in [3.63, 3.8) is 0 Å². The zero-order chi connectivity index (χ0) is 22.6. The van der Waals surface area contributed by atoms with E-state index in [1.165, 1.54) is 0 Å². The molecular weight excluding hydrogens is 437 g/mol. The second kappa shape index (κ2) is 10.4. The molecule has 0 amide bonds. The molecule has 0 radical (unpaired) electrons. The van der Waals surface area contributed by atoms with Crippen molar-refractivity contribution in [2.24, 2.45) is 16.5 Å². The quantitative estimate of drug-likeness (QED) is 0.526. The molecule has 2 aromatic carbocycles. The third-order valence-corrected chi connectivity index (χ3v) is 7.67. The molecule has 2 N–H and O–H groups in total. The monoisotopic (exact) mass is 467 g/mol. The molecule has 0 saturated carbocycles. The van der Waals surface area contributed by atoms with E-state index in [9.17, 15) is 4.21 Å². The molecule has 3 rings (SSSR count). The highest BCUT2D eigenvalue weighted by molar-refractivity contribution is 7.83. The van der Waals surface area contributed by atoms with E-state index < -0.39 is 22.1 Å². The summed E-state index contributed by atoms with van der Waals surface area (Å²) < 4.78 is 39.9. The highest BCUT2D eigenvalue weighted by Gasteiger charge is 2.40. The lowest BCUT2D eigenvalue weighted by molar-refractivity contribution is 0.0603. The van der Waals surface area contributed by atoms with E-state index >= 15 is 4.39 Å². The Morgan fingerprint density at radius 3 is 2.42 bits per heavy atom. The van der Waals surface area contributed by atoms with E-state index in [0.717, 1.165) is 12.8 Å². The van der Waals surface area contributed by atoms with Gasteiger partial charge >= 0.3 is 0 Å². The minimum absolute atomic E-state index is 0.0159. The first-order valence-electron chi connectivity index (χ1n) is 10.6. The van der Waals surface area contributed by atoms with Gasteiger partial charge in [-0.3, -0.25) is 5.14 Å². The molecule has 0 aliphatic carbocycles. The third-order valence-electron chi connectivity index (χ3n) is 5.84. The average molecular weight is 468 g/mol. The van der Waals surface area contributed by atoms with Gasteiger partial charge < -0.3 is 9.47 Å². The Balaban J connectivity index is 2.05. The van der Waals surface area contributed by atoms with Crippen molar-refractivity contribution in [1.29, 1.82) is 0 Å². The predicted molar refractivity (Wildman–Crippen MR) is 124 cm³/mol. The molecule has 1 aliphatic rings. The number of para-hydroxylation sites is 1. The molecule has 4 nitrogen and oxygen atoms in total. The van der Waals surface area contributed by atoms with Crippen molar-refractivity contribution >= 4 is 22.6 Å². The van der Waals surface area contributed by atoms with Crippen LogP contribution in [0.2, 0.25) is 5.02 Å². The Kier molecular flexibility index (Phi) is 8.14. The molecule has 1 saturated heterocycles. The van der Waals surface area contributed by atoms with E-state index in [-0.39, 0.29) is 22.1 Å². The highest BCUT2D eigenvalue weighted by Crippen LogP contribution is 2.44. The molecule has 0 spiro atoms. The Labute approximate surface area is 191 Å². The van der Waals surface area contributed by atoms with Gasteiger partial charge in [0, 0.05) is 19.1 Å². The number of rotatable bonds is 7. The van der Waals surface area contributed by atoms with Gasteiger partial charge in [0.2, 0.25) is 0 Å². The van der Waals surface area contributed by atoms with Crippen molar-refractivity contribution in [2.75, 3.05) is 13.2 Å². The van der Waals surface area contributed by atoms with Crippen LogP contribution < -0.4 is 9.88 Å². The van der Waals surface area contributed by atoms with E-state index in [0.29, 0.717) is 36.9 Å². The molecule has 2 aromatic rings. The van der Waals surface area contributed by atoms with Crippen LogP contribution in [0.25, 0.3) is 0 Å². The fourth-order valence-corrected chi connectivity index (χ4v) is 5.87. The number of halogens is 2. The van der Waals surface area contributed by atoms with Crippen LogP contribution in [0.3, 0.4) is 0 Å². The number of ether oxygens (including phenoxy) is 2. The lowest BCUT2D eigenvalue weighted by Crippen LogP contribution is -2.41. The maximum Gasteiger partial charge on any atom is 0.181 e. The molecule has 7 heteroatoms. The van der Waals surface area contributed by atoms with Crippen LogP contribution in [0.5, 0.6) is 11.5 Å². The zero-order valence-corrected chi connectivity index (χ0v) is 19.8. The summed E-state index contributed by atoms with van der Waals surface area (Å²) in [5.74, 6) is -0.0350. The fourth-order valence-electron chi connectivity index (χ4n) is 4.40. The smallest absolute Gasteiger partial charge is 0.181 e. The maximum atomic E-state index is 15.9. The van der Waals surface area contributed by atoms with Crippen LogP contribution >= 0.6 is 11.6 Å². The summed E-state index contributed by atoms with van der Waals surface area (Å²) in [6, 6.07) is 12.3. The molecule has 3 atom stereocenters. The second-order valence-electron chi connectivity index (χ2n) is 9.21. The Morgan fingerprint density at radius 1 is 1.19 bits per heavy atom. The lowest BCUT2D eigenvalue weighted by atomic mass is 9.75. The Morgan fingerprint density at radius 2 is 1.84 bits per heavy atom. The van der Waals surface area contributed by atoms with Crippen LogP contribution in [0.4, 0.5) is 4.39 Å². The number of hydrogen-bond donors (Lipinski definition) is 1. The number of hydrogen-bond acceptors (Lipinski definition) is 3. The van der Waals surface area contributed by atoms with Crippen LogP contribution in [-0.2, 0) is 15.7 Å². The van der Waals surface area contributed by atoms with Crippen molar-refractivity contribution < 1.29 is 18.1 Å². The molecular formula is C24H31ClFNO3S. The Bertz CT molecular complexity index is 898. The van der Waals surface area contributed by atoms with Crippen molar-refractivity contribution in [2.45, 2.75) is 51.2 Å². The zero-order valence-electron chi connectivity index (χ0n) is 18.3. The minimum atomic E-state index is -1.64. The van der Waals surface area contributed by atoms with Crippen molar-refractivity contribution in [3.05, 3.63) is 58.9 Å². The van der Waals surface area contributed by atoms with Gasteiger partial charge in [0.1, 0.15) is 5.75 Å². The summed E-state index contributed by atoms with van der Waals surface area (Å²) in [6.45, 7) is 7.36. The first-order chi connectivity index (χ1) is 14.7. The average Bonchev–Trinajstić information content (AvgIpc) is 2.71. The van der Waals surface area contributed by atoms with Crippen LogP contribution in [0.15, 0.2) is 42.5 Å². The van der Waals surface area contributed by atoms with Gasteiger partial charge in [-0.15, -0.1) is 0 Å². The first kappa shape index (κ1) is 24.2. The van der Waals surface area contributed by atoms with E-state index in [4.69, 9.17) is 26.2 Å². The topological polar surface area (TPSA) is 61.6 Å². The van der Waals surface area contributed by atoms with Crippen LogP contribution in [0.1, 0.15) is 51.5 Å². The summed E-state index contributed by atoms with van der Waals surface area (Å²) in [5.41, 5.74) is 0.0580. The maximum absolute atomic E-state index is 15.9. The van der Waals surface area contributed by atoms with Gasteiger partial charge in [0.15, 0.2) is 11.6 Å². The van der Waals surface area contributed by atoms with E-state index in [1.54, 1.807) is 24.3 Å². The van der Waals surface area contributed by atoms with Gasteiger partial charge in [-0.1, -0.05) is 56.6 Å². The predicted octanol–water partition coefficient (Wildman–Crippen LogP) is 6.21. The number of benzene rings is 2. The largest absolute Gasteiger partial charge is 0.453 e. The molecule has 1 heterocycles. The molecule has 1 aliphatic heterocycles. The minimum Gasteiger partial charge on any atom is -0.453 e. The van der Waals surface area contributed by atoms with Gasteiger partial charge in [0.25, 0.3) is 0 Å². The van der Waals surface area contributed by atoms with Crippen LogP contribution in [0, 0.1) is 17.2 Å². The van der Waals surface area contributed by atoms with Crippen LogP contribution in [-0.4, -0.2) is 22.7 Å².